The molecule has 1 atom stereocenters. The van der Waals surface area contributed by atoms with Gasteiger partial charge in [-0.15, -0.1) is 0 Å². The van der Waals surface area contributed by atoms with E-state index in [0.717, 1.165) is 6.42 Å². The Morgan fingerprint density at radius 3 is 3.00 bits per heavy atom. The Labute approximate surface area is 129 Å². The van der Waals surface area contributed by atoms with Crippen molar-refractivity contribution in [3.05, 3.63) is 23.8 Å². The van der Waals surface area contributed by atoms with Gasteiger partial charge in [0.05, 0.1) is 6.61 Å². The minimum atomic E-state index is -0.168. The van der Waals surface area contributed by atoms with E-state index in [-0.39, 0.29) is 23.8 Å². The average Bonchev–Trinajstić information content (AvgIpc) is 2.84. The van der Waals surface area contributed by atoms with Crippen molar-refractivity contribution in [3.63, 3.8) is 0 Å². The van der Waals surface area contributed by atoms with Crippen molar-refractivity contribution in [2.75, 3.05) is 39.9 Å². The molecule has 0 aromatic carbocycles. The van der Waals surface area contributed by atoms with Crippen LogP contribution in [0.2, 0.25) is 0 Å². The van der Waals surface area contributed by atoms with Crippen molar-refractivity contribution in [2.24, 2.45) is 5.41 Å². The molecule has 1 aromatic heterocycles. The number of rotatable bonds is 1. The zero-order valence-electron chi connectivity index (χ0n) is 12.9. The van der Waals surface area contributed by atoms with Crippen LogP contribution in [0.3, 0.4) is 0 Å². The van der Waals surface area contributed by atoms with E-state index in [1.54, 1.807) is 36.0 Å². The average molecular weight is 304 g/mol. The van der Waals surface area contributed by atoms with Gasteiger partial charge in [0.25, 0.3) is 5.91 Å². The maximum Gasteiger partial charge on any atom is 0.272 e. The summed E-state index contributed by atoms with van der Waals surface area (Å²) in [6.07, 6.45) is 2.43. The fraction of sp³-hybridized carbons (Fsp3) is 0.600. The third-order valence-corrected chi connectivity index (χ3v) is 4.35. The van der Waals surface area contributed by atoms with Crippen molar-refractivity contribution in [1.82, 2.24) is 19.8 Å². The van der Waals surface area contributed by atoms with Gasteiger partial charge in [0.15, 0.2) is 0 Å². The van der Waals surface area contributed by atoms with Crippen molar-refractivity contribution >= 4 is 11.8 Å². The van der Waals surface area contributed by atoms with Crippen LogP contribution < -0.4 is 0 Å². The fourth-order valence-corrected chi connectivity index (χ4v) is 3.19. The molecule has 1 aromatic rings. The molecule has 7 heteroatoms. The number of nitrogens with zero attached hydrogens (tertiary/aromatic N) is 4. The molecule has 2 amide bonds. The summed E-state index contributed by atoms with van der Waals surface area (Å²) in [6, 6.07) is 1.64. The number of amides is 2. The SMILES string of the molecule is Cc1nccc(C(=O)N2CCC3(COCC(=O)N(C)C3)C2)n1. The van der Waals surface area contributed by atoms with E-state index in [4.69, 9.17) is 4.74 Å². The predicted octanol–water partition coefficient (Wildman–Crippen LogP) is 0.106. The van der Waals surface area contributed by atoms with Crippen molar-refractivity contribution < 1.29 is 14.3 Å². The van der Waals surface area contributed by atoms with Crippen molar-refractivity contribution in [2.45, 2.75) is 13.3 Å². The normalized spacial score (nSPS) is 25.6. The molecule has 1 unspecified atom stereocenters. The van der Waals surface area contributed by atoms with Gasteiger partial charge in [-0.25, -0.2) is 9.97 Å². The quantitative estimate of drug-likeness (QED) is 0.736. The molecule has 22 heavy (non-hydrogen) atoms. The van der Waals surface area contributed by atoms with Gasteiger partial charge in [-0.05, 0) is 19.4 Å². The third-order valence-electron chi connectivity index (χ3n) is 4.35. The van der Waals surface area contributed by atoms with E-state index in [1.165, 1.54) is 0 Å². The second-order valence-electron chi connectivity index (χ2n) is 6.21. The Morgan fingerprint density at radius 1 is 1.41 bits per heavy atom. The molecule has 0 radical (unpaired) electrons. The molecular formula is C15H20N4O3. The lowest BCUT2D eigenvalue weighted by atomic mass is 9.88. The smallest absolute Gasteiger partial charge is 0.272 e. The first-order valence-electron chi connectivity index (χ1n) is 7.40. The highest BCUT2D eigenvalue weighted by molar-refractivity contribution is 5.92. The van der Waals surface area contributed by atoms with Crippen LogP contribution in [-0.4, -0.2) is 71.5 Å². The highest BCUT2D eigenvalue weighted by Gasteiger charge is 2.43. The van der Waals surface area contributed by atoms with Crippen LogP contribution in [0, 0.1) is 12.3 Å². The molecule has 2 aliphatic rings. The van der Waals surface area contributed by atoms with Gasteiger partial charge in [-0.3, -0.25) is 9.59 Å². The molecule has 0 bridgehead atoms. The maximum absolute atomic E-state index is 12.6. The molecule has 2 saturated heterocycles. The summed E-state index contributed by atoms with van der Waals surface area (Å²) in [5.74, 6) is 0.497. The zero-order valence-corrected chi connectivity index (χ0v) is 12.9. The molecule has 0 saturated carbocycles. The summed E-state index contributed by atoms with van der Waals surface area (Å²) in [5.41, 5.74) is 0.252. The molecule has 118 valence electrons. The van der Waals surface area contributed by atoms with Crippen LogP contribution in [0.4, 0.5) is 0 Å². The second-order valence-corrected chi connectivity index (χ2v) is 6.21. The summed E-state index contributed by atoms with van der Waals surface area (Å²) < 4.78 is 5.51. The largest absolute Gasteiger partial charge is 0.371 e. The zero-order chi connectivity index (χ0) is 15.7. The molecular weight excluding hydrogens is 284 g/mol. The second kappa shape index (κ2) is 5.64. The summed E-state index contributed by atoms with van der Waals surface area (Å²) in [6.45, 7) is 4.27. The van der Waals surface area contributed by atoms with Crippen LogP contribution in [0.1, 0.15) is 22.7 Å². The third kappa shape index (κ3) is 2.81. The number of likely N-dealkylation sites (tertiary alicyclic amines) is 1. The minimum Gasteiger partial charge on any atom is -0.371 e. The van der Waals surface area contributed by atoms with Gasteiger partial charge >= 0.3 is 0 Å². The van der Waals surface area contributed by atoms with Crippen LogP contribution in [-0.2, 0) is 9.53 Å². The highest BCUT2D eigenvalue weighted by atomic mass is 16.5. The first-order chi connectivity index (χ1) is 10.5. The summed E-state index contributed by atoms with van der Waals surface area (Å²) in [4.78, 5) is 36.0. The number of ether oxygens (including phenoxy) is 1. The predicted molar refractivity (Wildman–Crippen MR) is 78.2 cm³/mol. The summed E-state index contributed by atoms with van der Waals surface area (Å²) >= 11 is 0. The lowest BCUT2D eigenvalue weighted by Crippen LogP contribution is -2.41. The van der Waals surface area contributed by atoms with Crippen LogP contribution >= 0.6 is 0 Å². The molecule has 0 aliphatic carbocycles. The maximum atomic E-state index is 12.6. The topological polar surface area (TPSA) is 75.6 Å². The van der Waals surface area contributed by atoms with E-state index in [1.807, 2.05) is 0 Å². The van der Waals surface area contributed by atoms with Crippen molar-refractivity contribution in [3.8, 4) is 0 Å². The standard InChI is InChI=1S/C15H20N4O3/c1-11-16-5-3-12(17-11)14(21)19-6-4-15(9-19)8-18(2)13(20)7-22-10-15/h3,5H,4,6-10H2,1-2H3. The lowest BCUT2D eigenvalue weighted by Gasteiger charge is -2.29. The Bertz CT molecular complexity index is 606. The van der Waals surface area contributed by atoms with Gasteiger partial charge in [0.1, 0.15) is 18.1 Å². The van der Waals surface area contributed by atoms with Gasteiger partial charge < -0.3 is 14.5 Å². The molecule has 3 rings (SSSR count). The first-order valence-corrected chi connectivity index (χ1v) is 7.40. The Morgan fingerprint density at radius 2 is 2.23 bits per heavy atom. The summed E-state index contributed by atoms with van der Waals surface area (Å²) in [5, 5.41) is 0. The van der Waals surface area contributed by atoms with Gasteiger partial charge in [-0.1, -0.05) is 0 Å². The molecule has 2 fully saturated rings. The molecule has 3 heterocycles. The first kappa shape index (κ1) is 14.9. The van der Waals surface area contributed by atoms with E-state index in [0.29, 0.717) is 37.8 Å². The van der Waals surface area contributed by atoms with Gasteiger partial charge in [0.2, 0.25) is 5.91 Å². The van der Waals surface area contributed by atoms with Crippen LogP contribution in [0.15, 0.2) is 12.3 Å². The molecule has 7 nitrogen and oxygen atoms in total. The summed E-state index contributed by atoms with van der Waals surface area (Å²) in [7, 11) is 1.79. The Balaban J connectivity index is 1.74. The number of carbonyl (C=O) groups is 2. The Hall–Kier alpha value is -2.02. The van der Waals surface area contributed by atoms with Gasteiger partial charge in [0, 0.05) is 38.3 Å². The lowest BCUT2D eigenvalue weighted by molar-refractivity contribution is -0.132. The number of aromatic nitrogens is 2. The minimum absolute atomic E-state index is 0.00641. The Kier molecular flexibility index (Phi) is 3.82. The van der Waals surface area contributed by atoms with E-state index < -0.39 is 0 Å². The molecule has 0 N–H and O–H groups in total. The van der Waals surface area contributed by atoms with Crippen molar-refractivity contribution in [1.29, 1.82) is 0 Å². The number of likely N-dealkylation sites (N-methyl/N-ethyl adjacent to an activating group) is 1. The number of aryl methyl sites for hydroxylation is 1. The number of carbonyl (C=O) groups excluding carboxylic acids is 2. The van der Waals surface area contributed by atoms with E-state index >= 15 is 0 Å². The monoisotopic (exact) mass is 304 g/mol. The van der Waals surface area contributed by atoms with E-state index in [9.17, 15) is 9.59 Å². The molecule has 1 spiro atoms. The highest BCUT2D eigenvalue weighted by Crippen LogP contribution is 2.33. The van der Waals surface area contributed by atoms with Crippen LogP contribution in [0.5, 0.6) is 0 Å². The number of hydrogen-bond acceptors (Lipinski definition) is 5. The number of hydrogen-bond donors (Lipinski definition) is 0. The van der Waals surface area contributed by atoms with Gasteiger partial charge in [-0.2, -0.15) is 0 Å². The van der Waals surface area contributed by atoms with E-state index in [2.05, 4.69) is 9.97 Å². The molecule has 2 aliphatic heterocycles. The van der Waals surface area contributed by atoms with Crippen LogP contribution in [0.25, 0.3) is 0 Å². The fourth-order valence-electron chi connectivity index (χ4n) is 3.19.